The number of nitrogen functional groups attached to an aromatic ring is 1. The average molecular weight is 266 g/mol. The molecule has 0 atom stereocenters. The fraction of sp³-hybridized carbons (Fsp3) is 0.533. The third-order valence-corrected chi connectivity index (χ3v) is 3.51. The first-order valence-corrected chi connectivity index (χ1v) is 6.66. The maximum atomic E-state index is 13.3. The third-order valence-electron chi connectivity index (χ3n) is 3.51. The quantitative estimate of drug-likeness (QED) is 0.805. The second kappa shape index (κ2) is 6.55. The molecule has 19 heavy (non-hydrogen) atoms. The van der Waals surface area contributed by atoms with Gasteiger partial charge in [-0.15, -0.1) is 0 Å². The van der Waals surface area contributed by atoms with Crippen LogP contribution in [-0.4, -0.2) is 12.5 Å². The van der Waals surface area contributed by atoms with E-state index in [9.17, 15) is 9.18 Å². The van der Waals surface area contributed by atoms with Gasteiger partial charge in [-0.1, -0.05) is 33.8 Å². The van der Waals surface area contributed by atoms with Crippen LogP contribution in [0.1, 0.15) is 38.1 Å². The Morgan fingerprint density at radius 1 is 1.26 bits per heavy atom. The Morgan fingerprint density at radius 2 is 1.84 bits per heavy atom. The minimum atomic E-state index is -0.558. The predicted molar refractivity (Wildman–Crippen MR) is 76.3 cm³/mol. The van der Waals surface area contributed by atoms with E-state index in [1.807, 2.05) is 0 Å². The number of nitrogens with one attached hydrogen (secondary N) is 1. The van der Waals surface area contributed by atoms with Gasteiger partial charge in [-0.2, -0.15) is 0 Å². The van der Waals surface area contributed by atoms with E-state index in [1.54, 1.807) is 0 Å². The summed E-state index contributed by atoms with van der Waals surface area (Å²) in [6.45, 7) is 9.10. The first-order valence-electron chi connectivity index (χ1n) is 6.66. The summed E-state index contributed by atoms with van der Waals surface area (Å²) in [4.78, 5) is 12.0. The Morgan fingerprint density at radius 3 is 2.37 bits per heavy atom. The number of rotatable bonds is 5. The Kier molecular flexibility index (Phi) is 5.33. The molecule has 0 heterocycles. The molecule has 0 aliphatic carbocycles. The van der Waals surface area contributed by atoms with Gasteiger partial charge in [0, 0.05) is 6.54 Å². The SMILES string of the molecule is CC(C)C(CNC(=O)c1cccc(F)c1N)C(C)C. The Balaban J connectivity index is 2.72. The zero-order valence-electron chi connectivity index (χ0n) is 12.0. The summed E-state index contributed by atoms with van der Waals surface area (Å²) in [5.41, 5.74) is 5.68. The molecule has 0 unspecified atom stereocenters. The van der Waals surface area contributed by atoms with Gasteiger partial charge in [-0.05, 0) is 29.9 Å². The lowest BCUT2D eigenvalue weighted by Crippen LogP contribution is -2.34. The largest absolute Gasteiger partial charge is 0.396 e. The number of hydrogen-bond acceptors (Lipinski definition) is 2. The Bertz CT molecular complexity index is 436. The second-order valence-electron chi connectivity index (χ2n) is 5.56. The molecule has 3 N–H and O–H groups in total. The van der Waals surface area contributed by atoms with Crippen LogP contribution in [-0.2, 0) is 0 Å². The highest BCUT2D eigenvalue weighted by molar-refractivity contribution is 5.99. The van der Waals surface area contributed by atoms with Crippen LogP contribution in [0.4, 0.5) is 10.1 Å². The van der Waals surface area contributed by atoms with Crippen molar-refractivity contribution in [2.75, 3.05) is 12.3 Å². The zero-order valence-corrected chi connectivity index (χ0v) is 12.0. The van der Waals surface area contributed by atoms with Crippen LogP contribution in [0, 0.1) is 23.6 Å². The van der Waals surface area contributed by atoms with Crippen molar-refractivity contribution >= 4 is 11.6 Å². The standard InChI is InChI=1S/C15H23FN2O/c1-9(2)12(10(3)4)8-18-15(19)11-6-5-7-13(16)14(11)17/h5-7,9-10,12H,8,17H2,1-4H3,(H,18,19). The monoisotopic (exact) mass is 266 g/mol. The molecule has 1 amide bonds. The van der Waals surface area contributed by atoms with Crippen LogP contribution in [0.3, 0.4) is 0 Å². The molecule has 0 fully saturated rings. The van der Waals surface area contributed by atoms with Gasteiger partial charge in [-0.25, -0.2) is 4.39 Å². The van der Waals surface area contributed by atoms with E-state index < -0.39 is 5.82 Å². The van der Waals surface area contributed by atoms with E-state index in [0.29, 0.717) is 24.3 Å². The molecular formula is C15H23FN2O. The van der Waals surface area contributed by atoms with Crippen molar-refractivity contribution in [3.63, 3.8) is 0 Å². The fourth-order valence-electron chi connectivity index (χ4n) is 2.28. The van der Waals surface area contributed by atoms with Crippen molar-refractivity contribution in [2.45, 2.75) is 27.7 Å². The molecule has 1 rings (SSSR count). The molecule has 106 valence electrons. The van der Waals surface area contributed by atoms with Gasteiger partial charge in [0.1, 0.15) is 5.82 Å². The van der Waals surface area contributed by atoms with E-state index in [1.165, 1.54) is 18.2 Å². The van der Waals surface area contributed by atoms with Crippen LogP contribution < -0.4 is 11.1 Å². The van der Waals surface area contributed by atoms with E-state index >= 15 is 0 Å². The smallest absolute Gasteiger partial charge is 0.253 e. The molecule has 0 bridgehead atoms. The predicted octanol–water partition coefficient (Wildman–Crippen LogP) is 3.07. The van der Waals surface area contributed by atoms with Gasteiger partial charge in [0.25, 0.3) is 5.91 Å². The summed E-state index contributed by atoms with van der Waals surface area (Å²) in [6, 6.07) is 4.27. The van der Waals surface area contributed by atoms with Gasteiger partial charge in [0.15, 0.2) is 0 Å². The highest BCUT2D eigenvalue weighted by Crippen LogP contribution is 2.20. The van der Waals surface area contributed by atoms with E-state index in [2.05, 4.69) is 33.0 Å². The van der Waals surface area contributed by atoms with Gasteiger partial charge < -0.3 is 11.1 Å². The second-order valence-corrected chi connectivity index (χ2v) is 5.56. The molecule has 4 heteroatoms. The van der Waals surface area contributed by atoms with Gasteiger partial charge >= 0.3 is 0 Å². The van der Waals surface area contributed by atoms with Crippen molar-refractivity contribution in [1.29, 1.82) is 0 Å². The Labute approximate surface area is 114 Å². The molecule has 0 aromatic heterocycles. The maximum absolute atomic E-state index is 13.3. The third kappa shape index (κ3) is 3.94. The fourth-order valence-corrected chi connectivity index (χ4v) is 2.28. The molecule has 1 aromatic carbocycles. The molecule has 0 aliphatic rings. The molecule has 0 aliphatic heterocycles. The molecule has 1 aromatic rings. The van der Waals surface area contributed by atoms with E-state index in [-0.39, 0.29) is 17.2 Å². The van der Waals surface area contributed by atoms with E-state index in [0.717, 1.165) is 0 Å². The summed E-state index contributed by atoms with van der Waals surface area (Å²) in [5, 5.41) is 2.84. The first kappa shape index (κ1) is 15.5. The highest BCUT2D eigenvalue weighted by Gasteiger charge is 2.19. The van der Waals surface area contributed by atoms with Crippen molar-refractivity contribution in [3.8, 4) is 0 Å². The summed E-state index contributed by atoms with van der Waals surface area (Å²) in [7, 11) is 0. The minimum Gasteiger partial charge on any atom is -0.396 e. The number of hydrogen-bond donors (Lipinski definition) is 2. The topological polar surface area (TPSA) is 55.1 Å². The van der Waals surface area contributed by atoms with Crippen molar-refractivity contribution in [3.05, 3.63) is 29.6 Å². The van der Waals surface area contributed by atoms with Crippen molar-refractivity contribution < 1.29 is 9.18 Å². The number of para-hydroxylation sites is 1. The molecule has 0 spiro atoms. The van der Waals surface area contributed by atoms with E-state index in [4.69, 9.17) is 5.73 Å². The summed E-state index contributed by atoms with van der Waals surface area (Å²) in [6.07, 6.45) is 0. The Hall–Kier alpha value is -1.58. The first-order chi connectivity index (χ1) is 8.84. The summed E-state index contributed by atoms with van der Waals surface area (Å²) >= 11 is 0. The number of carbonyl (C=O) groups is 1. The van der Waals surface area contributed by atoms with Crippen LogP contribution in [0.5, 0.6) is 0 Å². The lowest BCUT2D eigenvalue weighted by molar-refractivity contribution is 0.0937. The lowest BCUT2D eigenvalue weighted by Gasteiger charge is -2.25. The molecular weight excluding hydrogens is 243 g/mol. The maximum Gasteiger partial charge on any atom is 0.253 e. The highest BCUT2D eigenvalue weighted by atomic mass is 19.1. The molecule has 3 nitrogen and oxygen atoms in total. The molecule has 0 saturated heterocycles. The molecule has 0 saturated carbocycles. The summed E-state index contributed by atoms with van der Waals surface area (Å²) in [5.74, 6) is 0.467. The van der Waals surface area contributed by atoms with Crippen LogP contribution in [0.2, 0.25) is 0 Å². The number of nitrogens with two attached hydrogens (primary N) is 1. The van der Waals surface area contributed by atoms with Crippen molar-refractivity contribution in [2.24, 2.45) is 17.8 Å². The van der Waals surface area contributed by atoms with Gasteiger partial charge in [-0.3, -0.25) is 4.79 Å². The number of carbonyl (C=O) groups excluding carboxylic acids is 1. The van der Waals surface area contributed by atoms with Crippen LogP contribution >= 0.6 is 0 Å². The minimum absolute atomic E-state index is 0.0920. The molecule has 0 radical (unpaired) electrons. The number of halogens is 1. The normalized spacial score (nSPS) is 11.4. The van der Waals surface area contributed by atoms with Crippen LogP contribution in [0.25, 0.3) is 0 Å². The average Bonchev–Trinajstić information content (AvgIpc) is 2.31. The van der Waals surface area contributed by atoms with Gasteiger partial charge in [0.2, 0.25) is 0 Å². The van der Waals surface area contributed by atoms with Gasteiger partial charge in [0.05, 0.1) is 11.3 Å². The van der Waals surface area contributed by atoms with Crippen LogP contribution in [0.15, 0.2) is 18.2 Å². The summed E-state index contributed by atoms with van der Waals surface area (Å²) < 4.78 is 13.3. The lowest BCUT2D eigenvalue weighted by atomic mass is 9.85. The van der Waals surface area contributed by atoms with Crippen molar-refractivity contribution in [1.82, 2.24) is 5.32 Å². The number of anilines is 1. The number of benzene rings is 1. The number of amides is 1. The zero-order chi connectivity index (χ0) is 14.6.